The Kier molecular flexibility index (Phi) is 9.14. The van der Waals surface area contributed by atoms with E-state index in [1.165, 1.54) is 36.7 Å². The number of ether oxygens (including phenoxy) is 1. The van der Waals surface area contributed by atoms with Crippen LogP contribution in [0.5, 0.6) is 5.75 Å². The summed E-state index contributed by atoms with van der Waals surface area (Å²) in [5.74, 6) is -0.556. The molecule has 0 amide bonds. The van der Waals surface area contributed by atoms with Gasteiger partial charge in [0.15, 0.2) is 0 Å². The number of nitrogens with zero attached hydrogens (tertiary/aromatic N) is 1. The number of H-pyrrole nitrogens is 1. The SMILES string of the molecule is C=C1[C@@H](n2cc(C)c(=O)[nH]c2=O)C[C@H](O)[C@@]1(CF)COP(=O)(NC(C)C(=O)OC(C)C)Oc1ccccc1. The van der Waals surface area contributed by atoms with Gasteiger partial charge in [-0.1, -0.05) is 24.8 Å². The van der Waals surface area contributed by atoms with Gasteiger partial charge in [-0.05, 0) is 51.8 Å². The summed E-state index contributed by atoms with van der Waals surface area (Å²) in [6, 6.07) is 6.03. The van der Waals surface area contributed by atoms with Crippen LogP contribution in [0.15, 0.2) is 58.3 Å². The molecule has 1 aromatic carbocycles. The lowest BCUT2D eigenvalue weighted by molar-refractivity contribution is -0.149. The molecule has 208 valence electrons. The third kappa shape index (κ3) is 6.32. The summed E-state index contributed by atoms with van der Waals surface area (Å²) >= 11 is 0. The van der Waals surface area contributed by atoms with E-state index in [9.17, 15) is 28.4 Å². The fourth-order valence-corrected chi connectivity index (χ4v) is 5.72. The van der Waals surface area contributed by atoms with Crippen molar-refractivity contribution >= 4 is 13.7 Å². The Balaban J connectivity index is 1.90. The second-order valence-electron chi connectivity index (χ2n) is 9.57. The van der Waals surface area contributed by atoms with Crippen molar-refractivity contribution in [2.75, 3.05) is 13.3 Å². The molecule has 2 unspecified atom stereocenters. The van der Waals surface area contributed by atoms with Gasteiger partial charge >= 0.3 is 19.4 Å². The van der Waals surface area contributed by atoms with E-state index < -0.39 is 68.0 Å². The molecule has 0 saturated heterocycles. The second-order valence-corrected chi connectivity index (χ2v) is 11.3. The number of esters is 1. The summed E-state index contributed by atoms with van der Waals surface area (Å²) in [5.41, 5.74) is -2.71. The van der Waals surface area contributed by atoms with Gasteiger partial charge in [0.2, 0.25) is 0 Å². The van der Waals surface area contributed by atoms with E-state index in [0.717, 1.165) is 0 Å². The number of hydrogen-bond donors (Lipinski definition) is 3. The monoisotopic (exact) mass is 553 g/mol. The lowest BCUT2D eigenvalue weighted by Gasteiger charge is -2.33. The van der Waals surface area contributed by atoms with Crippen LogP contribution in [0.1, 0.15) is 38.8 Å². The summed E-state index contributed by atoms with van der Waals surface area (Å²) in [5, 5.41) is 13.4. The van der Waals surface area contributed by atoms with Crippen LogP contribution in [-0.2, 0) is 18.6 Å². The van der Waals surface area contributed by atoms with E-state index in [1.807, 2.05) is 0 Å². The Hall–Kier alpha value is -3.05. The van der Waals surface area contributed by atoms with Crippen molar-refractivity contribution in [1.29, 1.82) is 0 Å². The number of nitrogens with one attached hydrogen (secondary N) is 2. The first-order valence-corrected chi connectivity index (χ1v) is 13.6. The molecule has 1 fully saturated rings. The molecule has 2 aromatic rings. The standard InChI is InChI=1S/C25H33FN3O8P/c1-15(2)36-23(32)18(5)28-38(34,37-19-9-7-6-8-10-19)35-14-25(13-26)17(4)20(11-21(25)30)29-12-16(3)22(31)27-24(29)33/h6-10,12,15,18,20-21,30H,4,11,13-14H2,1-3,5H3,(H,28,34)(H,27,31,33)/t18?,20-,21-,25-,38?/m0/s1. The fraction of sp³-hybridized carbons (Fsp3) is 0.480. The largest absolute Gasteiger partial charge is 0.462 e. The summed E-state index contributed by atoms with van der Waals surface area (Å²) in [7, 11) is -4.36. The molecule has 0 bridgehead atoms. The van der Waals surface area contributed by atoms with Crippen molar-refractivity contribution in [1.82, 2.24) is 14.6 Å². The maximum Gasteiger partial charge on any atom is 0.459 e. The van der Waals surface area contributed by atoms with Crippen LogP contribution in [0.4, 0.5) is 4.39 Å². The topological polar surface area (TPSA) is 149 Å². The Bertz CT molecular complexity index is 1330. The maximum atomic E-state index is 14.7. The lowest BCUT2D eigenvalue weighted by atomic mass is 9.83. The van der Waals surface area contributed by atoms with Crippen molar-refractivity contribution in [2.24, 2.45) is 5.41 Å². The Labute approximate surface area is 219 Å². The van der Waals surface area contributed by atoms with Gasteiger partial charge in [0.25, 0.3) is 5.56 Å². The van der Waals surface area contributed by atoms with E-state index in [4.69, 9.17) is 13.8 Å². The summed E-state index contributed by atoms with van der Waals surface area (Å²) in [4.78, 5) is 38.8. The lowest BCUT2D eigenvalue weighted by Crippen LogP contribution is -2.41. The van der Waals surface area contributed by atoms with Crippen LogP contribution >= 0.6 is 7.75 Å². The number of benzene rings is 1. The Morgan fingerprint density at radius 3 is 2.58 bits per heavy atom. The molecule has 3 N–H and O–H groups in total. The quantitative estimate of drug-likeness (QED) is 0.217. The van der Waals surface area contributed by atoms with E-state index in [2.05, 4.69) is 16.7 Å². The second kappa shape index (κ2) is 11.8. The van der Waals surface area contributed by atoms with E-state index >= 15 is 0 Å². The number of aliphatic hydroxyl groups is 1. The Morgan fingerprint density at radius 1 is 1.32 bits per heavy atom. The van der Waals surface area contributed by atoms with Crippen molar-refractivity contribution in [3.05, 3.63) is 75.1 Å². The molecule has 3 rings (SSSR count). The molecule has 13 heteroatoms. The normalized spacial score (nSPS) is 23.7. The molecule has 1 aromatic heterocycles. The van der Waals surface area contributed by atoms with Gasteiger partial charge < -0.3 is 14.4 Å². The van der Waals surface area contributed by atoms with Gasteiger partial charge in [-0.25, -0.2) is 13.8 Å². The number of rotatable bonds is 11. The summed E-state index contributed by atoms with van der Waals surface area (Å²) in [6.07, 6.45) is -0.596. The number of carbonyl (C=O) groups is 1. The predicted octanol–water partition coefficient (Wildman–Crippen LogP) is 2.80. The van der Waals surface area contributed by atoms with Gasteiger partial charge in [0.1, 0.15) is 18.5 Å². The molecule has 0 radical (unpaired) electrons. The van der Waals surface area contributed by atoms with Crippen LogP contribution < -0.4 is 20.9 Å². The minimum atomic E-state index is -4.36. The summed E-state index contributed by atoms with van der Waals surface area (Å²) in [6.45, 7) is 8.35. The van der Waals surface area contributed by atoms with Gasteiger partial charge in [-0.3, -0.25) is 23.7 Å². The number of para-hydroxylation sites is 1. The molecule has 1 aliphatic carbocycles. The molecule has 0 aliphatic heterocycles. The first-order valence-electron chi connectivity index (χ1n) is 12.0. The molecule has 38 heavy (non-hydrogen) atoms. The van der Waals surface area contributed by atoms with Crippen LogP contribution in [0.2, 0.25) is 0 Å². The average Bonchev–Trinajstić information content (AvgIpc) is 3.10. The number of aromatic amines is 1. The molecule has 1 heterocycles. The van der Waals surface area contributed by atoms with Gasteiger partial charge in [-0.15, -0.1) is 0 Å². The highest BCUT2D eigenvalue weighted by molar-refractivity contribution is 7.52. The minimum absolute atomic E-state index is 0.105. The molecule has 1 aliphatic rings. The highest BCUT2D eigenvalue weighted by atomic mass is 31.2. The molecule has 11 nitrogen and oxygen atoms in total. The molecular weight excluding hydrogens is 520 g/mol. The minimum Gasteiger partial charge on any atom is -0.462 e. The van der Waals surface area contributed by atoms with Crippen LogP contribution in [-0.4, -0.2) is 52.2 Å². The third-order valence-electron chi connectivity index (χ3n) is 6.36. The zero-order valence-corrected chi connectivity index (χ0v) is 22.6. The highest BCUT2D eigenvalue weighted by Crippen LogP contribution is 2.53. The van der Waals surface area contributed by atoms with Gasteiger partial charge in [-0.2, -0.15) is 5.09 Å². The fourth-order valence-electron chi connectivity index (χ4n) is 4.16. The number of hydrogen-bond acceptors (Lipinski definition) is 8. The first kappa shape index (κ1) is 29.5. The first-order chi connectivity index (χ1) is 17.8. The third-order valence-corrected chi connectivity index (χ3v) is 7.99. The number of aromatic nitrogens is 2. The smallest absolute Gasteiger partial charge is 0.459 e. The number of alkyl halides is 1. The maximum absolute atomic E-state index is 14.7. The molecular formula is C25H33FN3O8P. The van der Waals surface area contributed by atoms with Gasteiger partial charge in [0.05, 0.1) is 30.3 Å². The number of halogens is 1. The zero-order valence-electron chi connectivity index (χ0n) is 21.7. The molecule has 1 saturated carbocycles. The van der Waals surface area contributed by atoms with E-state index in [1.54, 1.807) is 32.0 Å². The predicted molar refractivity (Wildman–Crippen MR) is 138 cm³/mol. The van der Waals surface area contributed by atoms with Crippen LogP contribution in [0.25, 0.3) is 0 Å². The number of carbonyl (C=O) groups excluding carboxylic acids is 1. The zero-order chi connectivity index (χ0) is 28.3. The molecule has 5 atom stereocenters. The average molecular weight is 554 g/mol. The van der Waals surface area contributed by atoms with E-state index in [0.29, 0.717) is 0 Å². The molecule has 0 spiro atoms. The highest BCUT2D eigenvalue weighted by Gasteiger charge is 2.53. The van der Waals surface area contributed by atoms with Crippen molar-refractivity contribution < 1.29 is 32.6 Å². The van der Waals surface area contributed by atoms with Crippen molar-refractivity contribution in [2.45, 2.75) is 58.4 Å². The van der Waals surface area contributed by atoms with Gasteiger partial charge in [0, 0.05) is 11.8 Å². The Morgan fingerprint density at radius 2 is 1.97 bits per heavy atom. The van der Waals surface area contributed by atoms with Crippen LogP contribution in [0, 0.1) is 12.3 Å². The van der Waals surface area contributed by atoms with Crippen molar-refractivity contribution in [3.63, 3.8) is 0 Å². The number of aryl methyl sites for hydroxylation is 1. The summed E-state index contributed by atoms with van der Waals surface area (Å²) < 4.78 is 46.0. The van der Waals surface area contributed by atoms with E-state index in [-0.39, 0.29) is 23.3 Å². The van der Waals surface area contributed by atoms with Crippen molar-refractivity contribution in [3.8, 4) is 5.75 Å². The van der Waals surface area contributed by atoms with Crippen LogP contribution in [0.3, 0.4) is 0 Å². The number of aliphatic hydroxyl groups excluding tert-OH is 1.